The van der Waals surface area contributed by atoms with E-state index in [0.717, 1.165) is 23.3 Å². The van der Waals surface area contributed by atoms with Crippen molar-refractivity contribution in [1.82, 2.24) is 10.2 Å². The summed E-state index contributed by atoms with van der Waals surface area (Å²) in [6.07, 6.45) is 1.47. The van der Waals surface area contributed by atoms with E-state index >= 15 is 0 Å². The Kier molecular flexibility index (Phi) is 9.95. The van der Waals surface area contributed by atoms with E-state index in [1.807, 2.05) is 45.0 Å². The molecular formula is C25H34N2O2S. The molecule has 0 aliphatic heterocycles. The lowest BCUT2D eigenvalue weighted by Crippen LogP contribution is -2.49. The molecule has 2 aromatic rings. The van der Waals surface area contributed by atoms with Crippen molar-refractivity contribution in [2.24, 2.45) is 0 Å². The zero-order valence-corrected chi connectivity index (χ0v) is 19.4. The summed E-state index contributed by atoms with van der Waals surface area (Å²) in [5.41, 5.74) is 4.64. The number of carbonyl (C=O) groups is 2. The fourth-order valence-corrected chi connectivity index (χ4v) is 4.29. The zero-order valence-electron chi connectivity index (χ0n) is 18.6. The first-order valence-electron chi connectivity index (χ1n) is 10.7. The van der Waals surface area contributed by atoms with Gasteiger partial charge in [0.25, 0.3) is 0 Å². The average Bonchev–Trinajstić information content (AvgIpc) is 2.72. The smallest absolute Gasteiger partial charge is 0.242 e. The van der Waals surface area contributed by atoms with Gasteiger partial charge in [0.2, 0.25) is 11.8 Å². The van der Waals surface area contributed by atoms with Gasteiger partial charge in [0.05, 0.1) is 5.75 Å². The maximum atomic E-state index is 13.2. The zero-order chi connectivity index (χ0) is 21.9. The van der Waals surface area contributed by atoms with E-state index in [0.29, 0.717) is 25.3 Å². The Morgan fingerprint density at radius 3 is 2.23 bits per heavy atom. The summed E-state index contributed by atoms with van der Waals surface area (Å²) in [5.74, 6) is 1.08. The molecule has 1 N–H and O–H groups in total. The van der Waals surface area contributed by atoms with Crippen molar-refractivity contribution in [3.8, 4) is 0 Å². The highest BCUT2D eigenvalue weighted by Gasteiger charge is 2.28. The fourth-order valence-electron chi connectivity index (χ4n) is 3.43. The number of hydrogen-bond donors (Lipinski definition) is 1. The molecule has 30 heavy (non-hydrogen) atoms. The molecule has 0 saturated carbocycles. The van der Waals surface area contributed by atoms with Crippen LogP contribution < -0.4 is 5.32 Å². The van der Waals surface area contributed by atoms with Crippen molar-refractivity contribution >= 4 is 23.6 Å². The molecule has 162 valence electrons. The molecule has 0 aromatic heterocycles. The predicted octanol–water partition coefficient (Wildman–Crippen LogP) is 4.87. The summed E-state index contributed by atoms with van der Waals surface area (Å²) in [6, 6.07) is 16.0. The van der Waals surface area contributed by atoms with Gasteiger partial charge in [-0.25, -0.2) is 0 Å². The summed E-state index contributed by atoms with van der Waals surface area (Å²) in [4.78, 5) is 27.7. The second kappa shape index (κ2) is 12.4. The monoisotopic (exact) mass is 426 g/mol. The molecule has 0 saturated heterocycles. The standard InChI is InChI=1S/C25H34N2O2S/c1-5-13-26-25(29)23(6-2)27(16-21-11-7-9-19(3)14-21)24(28)18-30-17-22-12-8-10-20(4)15-22/h7-12,14-15,23H,5-6,13,16-18H2,1-4H3,(H,26,29)/t23-/m1/s1. The molecule has 0 aliphatic rings. The van der Waals surface area contributed by atoms with E-state index in [1.165, 1.54) is 11.1 Å². The number of thioether (sulfide) groups is 1. The van der Waals surface area contributed by atoms with E-state index < -0.39 is 6.04 Å². The molecule has 2 rings (SSSR count). The summed E-state index contributed by atoms with van der Waals surface area (Å²) in [6.45, 7) is 9.18. The number of benzene rings is 2. The predicted molar refractivity (Wildman–Crippen MR) is 126 cm³/mol. The van der Waals surface area contributed by atoms with E-state index in [1.54, 1.807) is 16.7 Å². The minimum Gasteiger partial charge on any atom is -0.354 e. The molecule has 0 aliphatic carbocycles. The van der Waals surface area contributed by atoms with Gasteiger partial charge >= 0.3 is 0 Å². The molecule has 0 unspecified atom stereocenters. The van der Waals surface area contributed by atoms with E-state index in [2.05, 4.69) is 36.5 Å². The van der Waals surface area contributed by atoms with Gasteiger partial charge in [-0.1, -0.05) is 73.5 Å². The lowest BCUT2D eigenvalue weighted by Gasteiger charge is -2.30. The number of carbonyl (C=O) groups excluding carboxylic acids is 2. The SMILES string of the molecule is CCCNC(=O)[C@@H](CC)N(Cc1cccc(C)c1)C(=O)CSCc1cccc(C)c1. The van der Waals surface area contributed by atoms with E-state index in [9.17, 15) is 9.59 Å². The molecule has 0 radical (unpaired) electrons. The molecule has 1 atom stereocenters. The summed E-state index contributed by atoms with van der Waals surface area (Å²) < 4.78 is 0. The van der Waals surface area contributed by atoms with Gasteiger partial charge in [-0.15, -0.1) is 11.8 Å². The first-order chi connectivity index (χ1) is 14.4. The normalized spacial score (nSPS) is 11.7. The second-order valence-electron chi connectivity index (χ2n) is 7.71. The maximum Gasteiger partial charge on any atom is 0.242 e. The number of amides is 2. The largest absolute Gasteiger partial charge is 0.354 e. The van der Waals surface area contributed by atoms with Crippen LogP contribution in [0.4, 0.5) is 0 Å². The Labute approximate surface area is 185 Å². The highest BCUT2D eigenvalue weighted by atomic mass is 32.2. The molecule has 4 nitrogen and oxygen atoms in total. The van der Waals surface area contributed by atoms with Gasteiger partial charge in [0.15, 0.2) is 0 Å². The quantitative estimate of drug-likeness (QED) is 0.558. The lowest BCUT2D eigenvalue weighted by atomic mass is 10.1. The van der Waals surface area contributed by atoms with Gasteiger partial charge in [-0.3, -0.25) is 9.59 Å². The molecule has 0 spiro atoms. The van der Waals surface area contributed by atoms with Crippen molar-refractivity contribution in [3.63, 3.8) is 0 Å². The fraction of sp³-hybridized carbons (Fsp3) is 0.440. The molecule has 0 heterocycles. The van der Waals surface area contributed by atoms with Crippen LogP contribution >= 0.6 is 11.8 Å². The molecule has 0 fully saturated rings. The minimum atomic E-state index is -0.455. The number of nitrogens with one attached hydrogen (secondary N) is 1. The molecule has 2 aromatic carbocycles. The molecule has 2 amide bonds. The van der Waals surface area contributed by atoms with Crippen molar-refractivity contribution in [3.05, 3.63) is 70.8 Å². The first kappa shape index (κ1) is 24.0. The van der Waals surface area contributed by atoms with Crippen LogP contribution in [0.5, 0.6) is 0 Å². The van der Waals surface area contributed by atoms with Crippen molar-refractivity contribution in [2.45, 2.75) is 58.9 Å². The highest BCUT2D eigenvalue weighted by Crippen LogP contribution is 2.18. The minimum absolute atomic E-state index is 0.00709. The van der Waals surface area contributed by atoms with Crippen LogP contribution in [0, 0.1) is 13.8 Å². The number of hydrogen-bond acceptors (Lipinski definition) is 3. The van der Waals surface area contributed by atoms with E-state index in [4.69, 9.17) is 0 Å². The summed E-state index contributed by atoms with van der Waals surface area (Å²) in [5, 5.41) is 2.96. The van der Waals surface area contributed by atoms with Crippen molar-refractivity contribution in [1.29, 1.82) is 0 Å². The molecule has 5 heteroatoms. The van der Waals surface area contributed by atoms with Gasteiger partial charge in [0, 0.05) is 18.8 Å². The molecule has 0 bridgehead atoms. The topological polar surface area (TPSA) is 49.4 Å². The van der Waals surface area contributed by atoms with Gasteiger partial charge in [-0.2, -0.15) is 0 Å². The van der Waals surface area contributed by atoms with Crippen LogP contribution in [0.3, 0.4) is 0 Å². The van der Waals surface area contributed by atoms with Crippen LogP contribution in [0.2, 0.25) is 0 Å². The Bertz CT molecular complexity index is 837. The Morgan fingerprint density at radius 2 is 1.63 bits per heavy atom. The second-order valence-corrected chi connectivity index (χ2v) is 8.69. The first-order valence-corrected chi connectivity index (χ1v) is 11.9. The lowest BCUT2D eigenvalue weighted by molar-refractivity contribution is -0.139. The average molecular weight is 427 g/mol. The number of nitrogens with zero attached hydrogens (tertiary/aromatic N) is 1. The third-order valence-corrected chi connectivity index (χ3v) is 5.94. The summed E-state index contributed by atoms with van der Waals surface area (Å²) >= 11 is 1.60. The van der Waals surface area contributed by atoms with Crippen molar-refractivity contribution < 1.29 is 9.59 Å². The van der Waals surface area contributed by atoms with Gasteiger partial charge in [0.1, 0.15) is 6.04 Å². The third-order valence-electron chi connectivity index (χ3n) is 4.95. The van der Waals surface area contributed by atoms with Gasteiger partial charge in [-0.05, 0) is 37.8 Å². The maximum absolute atomic E-state index is 13.2. The van der Waals surface area contributed by atoms with Crippen LogP contribution in [-0.4, -0.2) is 35.1 Å². The Hall–Kier alpha value is -2.27. The van der Waals surface area contributed by atoms with Crippen LogP contribution in [0.15, 0.2) is 48.5 Å². The Balaban J connectivity index is 2.11. The van der Waals surface area contributed by atoms with Gasteiger partial charge < -0.3 is 10.2 Å². The summed E-state index contributed by atoms with van der Waals surface area (Å²) in [7, 11) is 0. The number of rotatable bonds is 11. The highest BCUT2D eigenvalue weighted by molar-refractivity contribution is 7.99. The Morgan fingerprint density at radius 1 is 1.00 bits per heavy atom. The van der Waals surface area contributed by atoms with Crippen LogP contribution in [0.25, 0.3) is 0 Å². The van der Waals surface area contributed by atoms with Crippen LogP contribution in [0.1, 0.15) is 48.9 Å². The van der Waals surface area contributed by atoms with Crippen LogP contribution in [-0.2, 0) is 21.9 Å². The molecular weight excluding hydrogens is 392 g/mol. The number of aryl methyl sites for hydroxylation is 2. The van der Waals surface area contributed by atoms with E-state index in [-0.39, 0.29) is 11.8 Å². The van der Waals surface area contributed by atoms with Crippen molar-refractivity contribution in [2.75, 3.05) is 12.3 Å². The third kappa shape index (κ3) is 7.52.